The summed E-state index contributed by atoms with van der Waals surface area (Å²) in [5, 5.41) is 15.9. The monoisotopic (exact) mass is 473 g/mol. The van der Waals surface area contributed by atoms with Gasteiger partial charge in [-0.1, -0.05) is 0 Å². The molecule has 180 valence electrons. The molecule has 2 heterocycles. The van der Waals surface area contributed by atoms with E-state index in [9.17, 15) is 23.1 Å². The highest BCUT2D eigenvalue weighted by Gasteiger charge is 2.46. The van der Waals surface area contributed by atoms with Crippen LogP contribution in [0.4, 0.5) is 13.2 Å². The molecular formula is C25H26F3N3O3. The number of epoxide rings is 1. The maximum absolute atomic E-state index is 14.5. The maximum Gasteiger partial charge on any atom is 0.217 e. The van der Waals surface area contributed by atoms with Crippen LogP contribution in [0.5, 0.6) is 0 Å². The summed E-state index contributed by atoms with van der Waals surface area (Å²) in [4.78, 5) is 14.3. The number of halogens is 3. The number of ether oxygens (including phenoxy) is 1. The van der Waals surface area contributed by atoms with Crippen LogP contribution in [0.3, 0.4) is 0 Å². The van der Waals surface area contributed by atoms with Crippen molar-refractivity contribution in [1.82, 2.24) is 15.6 Å². The number of H-pyrrole nitrogens is 1. The minimum absolute atomic E-state index is 0.0993. The van der Waals surface area contributed by atoms with Gasteiger partial charge in [0.2, 0.25) is 5.91 Å². The summed E-state index contributed by atoms with van der Waals surface area (Å²) in [7, 11) is 0. The van der Waals surface area contributed by atoms with Gasteiger partial charge < -0.3 is 20.1 Å². The van der Waals surface area contributed by atoms with E-state index >= 15 is 0 Å². The summed E-state index contributed by atoms with van der Waals surface area (Å²) >= 11 is 0. The van der Waals surface area contributed by atoms with Crippen LogP contribution >= 0.6 is 0 Å². The molecule has 2 aliphatic rings. The fourth-order valence-corrected chi connectivity index (χ4v) is 5.02. The highest BCUT2D eigenvalue weighted by Crippen LogP contribution is 2.48. The van der Waals surface area contributed by atoms with Crippen molar-refractivity contribution in [3.05, 3.63) is 59.4 Å². The van der Waals surface area contributed by atoms with Crippen molar-refractivity contribution in [2.24, 2.45) is 5.92 Å². The average molecular weight is 473 g/mol. The third-order valence-corrected chi connectivity index (χ3v) is 6.76. The molecule has 1 aromatic heterocycles. The number of amides is 1. The van der Waals surface area contributed by atoms with Gasteiger partial charge in [-0.05, 0) is 66.1 Å². The van der Waals surface area contributed by atoms with Crippen molar-refractivity contribution in [3.63, 3.8) is 0 Å². The molecular weight excluding hydrogens is 447 g/mol. The topological polar surface area (TPSA) is 89.7 Å². The van der Waals surface area contributed by atoms with Crippen LogP contribution in [-0.2, 0) is 9.53 Å². The first-order chi connectivity index (χ1) is 16.3. The smallest absolute Gasteiger partial charge is 0.217 e. The second kappa shape index (κ2) is 9.05. The SMILES string of the molecule is CC(=O)N[C@@H](CO)C1OC1NC[C@H]1C[C@H](c2c(-c3ccc(F)cc3)[nH]c3c(F)cc(F)cc32)C1. The molecule has 2 aromatic carbocycles. The number of aliphatic hydroxyl groups excluding tert-OH is 1. The Labute approximate surface area is 194 Å². The molecule has 4 N–H and O–H groups in total. The van der Waals surface area contributed by atoms with Crippen LogP contribution in [-0.4, -0.2) is 47.5 Å². The Balaban J connectivity index is 1.29. The number of rotatable bonds is 8. The number of aliphatic hydroxyl groups is 1. The molecule has 0 radical (unpaired) electrons. The predicted octanol–water partition coefficient (Wildman–Crippen LogP) is 3.56. The van der Waals surface area contributed by atoms with Gasteiger partial charge in [-0.3, -0.25) is 10.1 Å². The highest BCUT2D eigenvalue weighted by molar-refractivity contribution is 5.92. The summed E-state index contributed by atoms with van der Waals surface area (Å²) in [6.45, 7) is 1.88. The van der Waals surface area contributed by atoms with Crippen molar-refractivity contribution < 1.29 is 27.8 Å². The van der Waals surface area contributed by atoms with Gasteiger partial charge in [-0.25, -0.2) is 13.2 Å². The van der Waals surface area contributed by atoms with E-state index in [0.29, 0.717) is 23.5 Å². The molecule has 34 heavy (non-hydrogen) atoms. The lowest BCUT2D eigenvalue weighted by molar-refractivity contribution is -0.120. The maximum atomic E-state index is 14.5. The molecule has 1 aliphatic heterocycles. The number of benzene rings is 2. The summed E-state index contributed by atoms with van der Waals surface area (Å²) < 4.78 is 47.6. The van der Waals surface area contributed by atoms with Gasteiger partial charge in [-0.2, -0.15) is 0 Å². The van der Waals surface area contributed by atoms with Crippen molar-refractivity contribution >= 4 is 16.8 Å². The van der Waals surface area contributed by atoms with Crippen LogP contribution in [0, 0.1) is 23.4 Å². The Hall–Kier alpha value is -2.88. The molecule has 1 saturated carbocycles. The fourth-order valence-electron chi connectivity index (χ4n) is 5.02. The number of aromatic nitrogens is 1. The third kappa shape index (κ3) is 4.43. The van der Waals surface area contributed by atoms with Gasteiger partial charge in [-0.15, -0.1) is 0 Å². The summed E-state index contributed by atoms with van der Waals surface area (Å²) in [5.41, 5.74) is 2.50. The molecule has 9 heteroatoms. The zero-order valence-corrected chi connectivity index (χ0v) is 18.6. The average Bonchev–Trinajstić information content (AvgIpc) is 3.44. The van der Waals surface area contributed by atoms with Crippen LogP contribution < -0.4 is 10.6 Å². The standard InChI is InChI=1S/C25H26F3N3O3/c1-12(33)30-20(11-32)24-25(34-24)29-10-13-6-15(7-13)21-18-8-17(27)9-19(28)23(18)31-22(21)14-2-4-16(26)5-3-14/h2-5,8-9,13,15,20,24-25,29,31-32H,6-7,10-11H2,1H3,(H,30,33)/t13-,15-,20-,24?,25?/m0/s1. The van der Waals surface area contributed by atoms with Gasteiger partial charge in [0.05, 0.1) is 23.9 Å². The Kier molecular flexibility index (Phi) is 6.09. The molecule has 5 rings (SSSR count). The number of hydrogen-bond acceptors (Lipinski definition) is 4. The lowest BCUT2D eigenvalue weighted by Crippen LogP contribution is -2.43. The Morgan fingerprint density at radius 2 is 1.91 bits per heavy atom. The van der Waals surface area contributed by atoms with Gasteiger partial charge in [0.25, 0.3) is 0 Å². The largest absolute Gasteiger partial charge is 0.394 e. The molecule has 1 amide bonds. The van der Waals surface area contributed by atoms with E-state index < -0.39 is 17.7 Å². The number of fused-ring (bicyclic) bond motifs is 1. The van der Waals surface area contributed by atoms with Gasteiger partial charge >= 0.3 is 0 Å². The zero-order chi connectivity index (χ0) is 24.0. The van der Waals surface area contributed by atoms with Crippen LogP contribution in [0.2, 0.25) is 0 Å². The Bertz CT molecular complexity index is 1210. The number of aromatic amines is 1. The molecule has 3 aromatic rings. The first kappa shape index (κ1) is 22.9. The van der Waals surface area contributed by atoms with Crippen LogP contribution in [0.25, 0.3) is 22.2 Å². The number of hydrogen-bond donors (Lipinski definition) is 4. The number of carbonyl (C=O) groups excluding carboxylic acids is 1. The van der Waals surface area contributed by atoms with Crippen molar-refractivity contribution in [2.45, 2.75) is 44.1 Å². The summed E-state index contributed by atoms with van der Waals surface area (Å²) in [6, 6.07) is 7.72. The zero-order valence-electron chi connectivity index (χ0n) is 18.6. The molecule has 0 spiro atoms. The summed E-state index contributed by atoms with van der Waals surface area (Å²) in [6.07, 6.45) is 1.14. The molecule has 2 fully saturated rings. The second-order valence-electron chi connectivity index (χ2n) is 9.18. The molecule has 6 nitrogen and oxygen atoms in total. The molecule has 1 aliphatic carbocycles. The minimum Gasteiger partial charge on any atom is -0.394 e. The van der Waals surface area contributed by atoms with Gasteiger partial charge in [0, 0.05) is 24.9 Å². The third-order valence-electron chi connectivity index (χ3n) is 6.76. The Morgan fingerprint density at radius 1 is 1.18 bits per heavy atom. The first-order valence-corrected chi connectivity index (χ1v) is 11.4. The van der Waals surface area contributed by atoms with E-state index in [0.717, 1.165) is 30.0 Å². The normalized spacial score (nSPS) is 24.6. The van der Waals surface area contributed by atoms with Crippen molar-refractivity contribution in [2.75, 3.05) is 13.2 Å². The predicted molar refractivity (Wildman–Crippen MR) is 120 cm³/mol. The second-order valence-corrected chi connectivity index (χ2v) is 9.18. The van der Waals surface area contributed by atoms with Crippen LogP contribution in [0.1, 0.15) is 31.2 Å². The Morgan fingerprint density at radius 3 is 2.59 bits per heavy atom. The highest BCUT2D eigenvalue weighted by atomic mass is 19.1. The van der Waals surface area contributed by atoms with E-state index in [-0.39, 0.29) is 42.1 Å². The van der Waals surface area contributed by atoms with Gasteiger partial charge in [0.15, 0.2) is 0 Å². The number of nitrogens with one attached hydrogen (secondary N) is 3. The molecule has 2 unspecified atom stereocenters. The van der Waals surface area contributed by atoms with E-state index in [1.165, 1.54) is 25.1 Å². The lowest BCUT2D eigenvalue weighted by atomic mass is 9.70. The molecule has 3 atom stereocenters. The molecule has 1 saturated heterocycles. The lowest BCUT2D eigenvalue weighted by Gasteiger charge is -2.36. The van der Waals surface area contributed by atoms with E-state index in [1.807, 2.05) is 0 Å². The first-order valence-electron chi connectivity index (χ1n) is 11.4. The van der Waals surface area contributed by atoms with Crippen LogP contribution in [0.15, 0.2) is 36.4 Å². The quantitative estimate of drug-likeness (QED) is 0.377. The fraction of sp³-hybridized carbons (Fsp3) is 0.400. The summed E-state index contributed by atoms with van der Waals surface area (Å²) in [5.74, 6) is -1.44. The molecule has 0 bridgehead atoms. The minimum atomic E-state index is -0.656. The number of carbonyl (C=O) groups is 1. The van der Waals surface area contributed by atoms with E-state index in [2.05, 4.69) is 15.6 Å². The van der Waals surface area contributed by atoms with Crippen molar-refractivity contribution in [1.29, 1.82) is 0 Å². The van der Waals surface area contributed by atoms with Crippen molar-refractivity contribution in [3.8, 4) is 11.3 Å². The van der Waals surface area contributed by atoms with Gasteiger partial charge in [0.1, 0.15) is 29.8 Å². The van der Waals surface area contributed by atoms with E-state index in [4.69, 9.17) is 4.74 Å². The van der Waals surface area contributed by atoms with E-state index in [1.54, 1.807) is 12.1 Å².